The lowest BCUT2D eigenvalue weighted by Gasteiger charge is -2.16. The number of hydrazone groups is 1. The zero-order valence-corrected chi connectivity index (χ0v) is 22.4. The van der Waals surface area contributed by atoms with E-state index >= 15 is 0 Å². The summed E-state index contributed by atoms with van der Waals surface area (Å²) in [6.45, 7) is 0.334. The van der Waals surface area contributed by atoms with Gasteiger partial charge in [0.25, 0.3) is 5.91 Å². The summed E-state index contributed by atoms with van der Waals surface area (Å²) >= 11 is 13.3. The van der Waals surface area contributed by atoms with E-state index in [0.29, 0.717) is 17.4 Å². The summed E-state index contributed by atoms with van der Waals surface area (Å²) in [4.78, 5) is 13.1. The van der Waals surface area contributed by atoms with Crippen molar-refractivity contribution >= 4 is 55.6 Å². The van der Waals surface area contributed by atoms with Crippen LogP contribution < -0.4 is 10.2 Å². The molecule has 4 rings (SSSR count). The predicted molar refractivity (Wildman–Crippen MR) is 148 cm³/mol. The standard InChI is InChI=1S/C28H21Br2ClN2O2/c29-23-15-19(16-24(30)27(23)35-18-22-13-7-8-14-25(22)31)17-32-33-28(34)26(20-9-3-1-4-10-20)21-11-5-2-6-12-21/h1-17,26H,18H2,(H,33,34)/b32-17+. The molecule has 7 heteroatoms. The second-order valence-electron chi connectivity index (χ2n) is 7.68. The number of rotatable bonds is 8. The van der Waals surface area contributed by atoms with Gasteiger partial charge in [0, 0.05) is 10.6 Å². The number of ether oxygens (including phenoxy) is 1. The highest BCUT2D eigenvalue weighted by Crippen LogP contribution is 2.35. The Kier molecular flexibility index (Phi) is 8.74. The monoisotopic (exact) mass is 610 g/mol. The summed E-state index contributed by atoms with van der Waals surface area (Å²) in [6.07, 6.45) is 1.60. The molecule has 0 aromatic heterocycles. The molecule has 0 spiro atoms. The van der Waals surface area contributed by atoms with E-state index in [4.69, 9.17) is 16.3 Å². The predicted octanol–water partition coefficient (Wildman–Crippen LogP) is 7.73. The Morgan fingerprint density at radius 2 is 1.43 bits per heavy atom. The van der Waals surface area contributed by atoms with Gasteiger partial charge in [-0.1, -0.05) is 90.5 Å². The smallest absolute Gasteiger partial charge is 0.252 e. The van der Waals surface area contributed by atoms with Crippen LogP contribution in [0.4, 0.5) is 0 Å². The lowest BCUT2D eigenvalue weighted by Crippen LogP contribution is -2.26. The van der Waals surface area contributed by atoms with Gasteiger partial charge in [-0.3, -0.25) is 4.79 Å². The van der Waals surface area contributed by atoms with Crippen LogP contribution in [0.2, 0.25) is 5.02 Å². The molecule has 0 fully saturated rings. The third kappa shape index (κ3) is 6.60. The minimum atomic E-state index is -0.464. The Morgan fingerprint density at radius 3 is 2.00 bits per heavy atom. The fraction of sp³-hybridized carbons (Fsp3) is 0.0714. The number of hydrogen-bond donors (Lipinski definition) is 1. The first-order valence-electron chi connectivity index (χ1n) is 10.8. The van der Waals surface area contributed by atoms with E-state index < -0.39 is 5.92 Å². The molecule has 4 aromatic rings. The van der Waals surface area contributed by atoms with Crippen molar-refractivity contribution in [1.82, 2.24) is 5.43 Å². The quantitative estimate of drug-likeness (QED) is 0.164. The Labute approximate surface area is 226 Å². The first kappa shape index (κ1) is 25.2. The second kappa shape index (κ2) is 12.2. The van der Waals surface area contributed by atoms with Gasteiger partial charge >= 0.3 is 0 Å². The lowest BCUT2D eigenvalue weighted by molar-refractivity contribution is -0.121. The van der Waals surface area contributed by atoms with Gasteiger partial charge < -0.3 is 4.74 Å². The third-order valence-electron chi connectivity index (χ3n) is 5.27. The van der Waals surface area contributed by atoms with Crippen molar-refractivity contribution < 1.29 is 9.53 Å². The zero-order chi connectivity index (χ0) is 24.6. The van der Waals surface area contributed by atoms with Gasteiger partial charge in [0.15, 0.2) is 0 Å². The van der Waals surface area contributed by atoms with Crippen molar-refractivity contribution in [3.05, 3.63) is 133 Å². The number of nitrogens with zero attached hydrogens (tertiary/aromatic N) is 1. The average molecular weight is 613 g/mol. The Balaban J connectivity index is 1.46. The lowest BCUT2D eigenvalue weighted by atomic mass is 9.91. The maximum Gasteiger partial charge on any atom is 0.252 e. The summed E-state index contributed by atoms with van der Waals surface area (Å²) in [5, 5.41) is 4.86. The van der Waals surface area contributed by atoms with Crippen molar-refractivity contribution in [3.8, 4) is 5.75 Å². The fourth-order valence-electron chi connectivity index (χ4n) is 3.58. The molecule has 0 unspecified atom stereocenters. The molecule has 0 radical (unpaired) electrons. The van der Waals surface area contributed by atoms with Gasteiger partial charge in [0.1, 0.15) is 12.4 Å². The molecule has 4 aromatic carbocycles. The topological polar surface area (TPSA) is 50.7 Å². The maximum atomic E-state index is 13.1. The van der Waals surface area contributed by atoms with E-state index in [0.717, 1.165) is 31.2 Å². The van der Waals surface area contributed by atoms with E-state index in [1.165, 1.54) is 0 Å². The number of halogens is 3. The van der Waals surface area contributed by atoms with Crippen LogP contribution in [0.3, 0.4) is 0 Å². The largest absolute Gasteiger partial charge is 0.486 e. The van der Waals surface area contributed by atoms with Crippen LogP contribution in [0.15, 0.2) is 111 Å². The van der Waals surface area contributed by atoms with Crippen LogP contribution in [0.25, 0.3) is 0 Å². The molecule has 1 N–H and O–H groups in total. The summed E-state index contributed by atoms with van der Waals surface area (Å²) in [5.74, 6) is -0.0237. The average Bonchev–Trinajstić information content (AvgIpc) is 2.86. The van der Waals surface area contributed by atoms with Crippen molar-refractivity contribution in [2.24, 2.45) is 5.10 Å². The van der Waals surface area contributed by atoms with Crippen molar-refractivity contribution in [3.63, 3.8) is 0 Å². The summed E-state index contributed by atoms with van der Waals surface area (Å²) in [6, 6.07) is 30.6. The van der Waals surface area contributed by atoms with Crippen molar-refractivity contribution in [1.29, 1.82) is 0 Å². The summed E-state index contributed by atoms with van der Waals surface area (Å²) in [5.41, 5.74) is 6.17. The van der Waals surface area contributed by atoms with E-state index in [1.54, 1.807) is 6.21 Å². The molecule has 0 saturated heterocycles. The Hall–Kier alpha value is -2.93. The highest BCUT2D eigenvalue weighted by Gasteiger charge is 2.22. The summed E-state index contributed by atoms with van der Waals surface area (Å²) in [7, 11) is 0. The van der Waals surface area contributed by atoms with Gasteiger partial charge in [0.2, 0.25) is 0 Å². The van der Waals surface area contributed by atoms with Crippen LogP contribution in [0, 0.1) is 0 Å². The molecule has 35 heavy (non-hydrogen) atoms. The normalized spacial score (nSPS) is 11.1. The van der Waals surface area contributed by atoms with E-state index in [1.807, 2.05) is 97.1 Å². The van der Waals surface area contributed by atoms with Crippen LogP contribution >= 0.6 is 43.5 Å². The highest BCUT2D eigenvalue weighted by molar-refractivity contribution is 9.11. The van der Waals surface area contributed by atoms with Gasteiger partial charge in [-0.25, -0.2) is 5.43 Å². The van der Waals surface area contributed by atoms with E-state index in [9.17, 15) is 4.79 Å². The molecule has 0 aliphatic rings. The SMILES string of the molecule is O=C(N/N=C/c1cc(Br)c(OCc2ccccc2Cl)c(Br)c1)C(c1ccccc1)c1ccccc1. The third-order valence-corrected chi connectivity index (χ3v) is 6.81. The molecule has 0 atom stereocenters. The molecular formula is C28H21Br2ClN2O2. The molecule has 0 aliphatic carbocycles. The van der Waals surface area contributed by atoms with Crippen molar-refractivity contribution in [2.75, 3.05) is 0 Å². The van der Waals surface area contributed by atoms with E-state index in [2.05, 4.69) is 42.4 Å². The number of carbonyl (C=O) groups is 1. The number of amides is 1. The molecule has 4 nitrogen and oxygen atoms in total. The molecule has 0 saturated carbocycles. The molecule has 176 valence electrons. The van der Waals surface area contributed by atoms with Gasteiger partial charge in [-0.2, -0.15) is 5.10 Å². The molecule has 1 amide bonds. The molecule has 0 heterocycles. The first-order valence-corrected chi connectivity index (χ1v) is 12.8. The number of nitrogens with one attached hydrogen (secondary N) is 1. The highest BCUT2D eigenvalue weighted by atomic mass is 79.9. The van der Waals surface area contributed by atoms with Crippen LogP contribution in [0.5, 0.6) is 5.75 Å². The second-order valence-corrected chi connectivity index (χ2v) is 9.80. The molecular weight excluding hydrogens is 592 g/mol. The van der Waals surface area contributed by atoms with Gasteiger partial charge in [-0.15, -0.1) is 0 Å². The first-order chi connectivity index (χ1) is 17.0. The summed E-state index contributed by atoms with van der Waals surface area (Å²) < 4.78 is 7.47. The van der Waals surface area contributed by atoms with Crippen LogP contribution in [-0.2, 0) is 11.4 Å². The Bertz CT molecular complexity index is 1270. The van der Waals surface area contributed by atoms with Crippen LogP contribution in [0.1, 0.15) is 28.2 Å². The maximum absolute atomic E-state index is 13.1. The van der Waals surface area contributed by atoms with Gasteiger partial charge in [-0.05, 0) is 66.7 Å². The number of carbonyl (C=O) groups excluding carboxylic acids is 1. The van der Waals surface area contributed by atoms with E-state index in [-0.39, 0.29) is 5.91 Å². The minimum absolute atomic E-state index is 0.212. The minimum Gasteiger partial charge on any atom is -0.486 e. The number of hydrogen-bond acceptors (Lipinski definition) is 3. The molecule has 0 bridgehead atoms. The van der Waals surface area contributed by atoms with Crippen LogP contribution in [-0.4, -0.2) is 12.1 Å². The fourth-order valence-corrected chi connectivity index (χ4v) is 5.22. The van der Waals surface area contributed by atoms with Crippen molar-refractivity contribution in [2.45, 2.75) is 12.5 Å². The number of benzene rings is 4. The Morgan fingerprint density at radius 1 is 0.886 bits per heavy atom. The van der Waals surface area contributed by atoms with Gasteiger partial charge in [0.05, 0.1) is 21.1 Å². The molecule has 0 aliphatic heterocycles. The zero-order valence-electron chi connectivity index (χ0n) is 18.5.